The number of nitrogens with one attached hydrogen (secondary N) is 1. The van der Waals surface area contributed by atoms with Crippen molar-refractivity contribution in [3.8, 4) is 5.69 Å². The van der Waals surface area contributed by atoms with Crippen LogP contribution in [0.5, 0.6) is 0 Å². The number of benzene rings is 2. The van der Waals surface area contributed by atoms with Gasteiger partial charge < -0.3 is 14.8 Å². The van der Waals surface area contributed by atoms with Gasteiger partial charge in [0.2, 0.25) is 0 Å². The molecule has 1 saturated heterocycles. The Morgan fingerprint density at radius 2 is 1.57 bits per heavy atom. The molecule has 30 heavy (non-hydrogen) atoms. The first-order valence-electron chi connectivity index (χ1n) is 10.1. The minimum atomic E-state index is -0.0280. The highest BCUT2D eigenvalue weighted by Crippen LogP contribution is 2.40. The number of para-hydroxylation sites is 1. The number of thiocarbonyl (C=S) groups is 1. The van der Waals surface area contributed by atoms with Crippen molar-refractivity contribution in [2.24, 2.45) is 0 Å². The summed E-state index contributed by atoms with van der Waals surface area (Å²) in [5.74, 6) is 0. The fraction of sp³-hybridized carbons (Fsp3) is 0.120. The van der Waals surface area contributed by atoms with Gasteiger partial charge in [-0.05, 0) is 54.2 Å². The second-order valence-electron chi connectivity index (χ2n) is 7.38. The smallest absolute Gasteiger partial charge is 0.170 e. The minimum Gasteiger partial charge on any atom is -0.352 e. The molecular formula is C25H22N4S. The molecule has 0 amide bonds. The summed E-state index contributed by atoms with van der Waals surface area (Å²) < 4.78 is 2.24. The van der Waals surface area contributed by atoms with Crippen molar-refractivity contribution >= 4 is 17.3 Å². The summed E-state index contributed by atoms with van der Waals surface area (Å²) in [6, 6.07) is 31.2. The number of hydrogen-bond acceptors (Lipinski definition) is 2. The maximum atomic E-state index is 5.81. The van der Waals surface area contributed by atoms with Gasteiger partial charge in [0.25, 0.3) is 0 Å². The lowest BCUT2D eigenvalue weighted by Crippen LogP contribution is -2.30. The molecule has 3 heterocycles. The fourth-order valence-corrected chi connectivity index (χ4v) is 4.44. The Labute approximate surface area is 181 Å². The number of nitrogens with zero attached hydrogens (tertiary/aromatic N) is 3. The summed E-state index contributed by atoms with van der Waals surface area (Å²) in [7, 11) is 0. The molecule has 4 aromatic rings. The number of hydrogen-bond donors (Lipinski definition) is 1. The molecule has 148 valence electrons. The maximum absolute atomic E-state index is 5.81. The molecule has 2 atom stereocenters. The van der Waals surface area contributed by atoms with Crippen LogP contribution in [0.25, 0.3) is 5.69 Å². The molecule has 0 bridgehead atoms. The second-order valence-corrected chi connectivity index (χ2v) is 7.77. The van der Waals surface area contributed by atoms with Crippen molar-refractivity contribution in [3.05, 3.63) is 120 Å². The average molecular weight is 411 g/mol. The molecule has 1 fully saturated rings. The first-order valence-corrected chi connectivity index (χ1v) is 10.5. The average Bonchev–Trinajstić information content (AvgIpc) is 3.40. The van der Waals surface area contributed by atoms with E-state index in [1.54, 1.807) is 0 Å². The molecule has 5 heteroatoms. The highest BCUT2D eigenvalue weighted by atomic mass is 32.1. The summed E-state index contributed by atoms with van der Waals surface area (Å²) in [5, 5.41) is 4.29. The molecule has 1 N–H and O–H groups in total. The molecule has 2 aromatic heterocycles. The molecule has 5 rings (SSSR count). The number of pyridine rings is 1. The normalized spacial score (nSPS) is 18.4. The summed E-state index contributed by atoms with van der Waals surface area (Å²) in [6.07, 6.45) is 3.95. The van der Waals surface area contributed by atoms with E-state index >= 15 is 0 Å². The molecule has 0 spiro atoms. The molecule has 0 unspecified atom stereocenters. The van der Waals surface area contributed by atoms with Crippen LogP contribution in [0.4, 0.5) is 0 Å². The first-order chi connectivity index (χ1) is 14.8. The lowest BCUT2D eigenvalue weighted by atomic mass is 10.0. The molecule has 0 aliphatic carbocycles. The van der Waals surface area contributed by atoms with Crippen LogP contribution in [0.15, 0.2) is 103 Å². The monoisotopic (exact) mass is 410 g/mol. The molecule has 0 saturated carbocycles. The Morgan fingerprint density at radius 3 is 2.30 bits per heavy atom. The van der Waals surface area contributed by atoms with Crippen molar-refractivity contribution in [2.45, 2.75) is 18.6 Å². The summed E-state index contributed by atoms with van der Waals surface area (Å²) in [5.41, 5.74) is 4.53. The van der Waals surface area contributed by atoms with Crippen molar-refractivity contribution in [2.75, 3.05) is 0 Å². The van der Waals surface area contributed by atoms with Gasteiger partial charge >= 0.3 is 0 Å². The molecule has 1 aliphatic heterocycles. The fourth-order valence-electron chi connectivity index (χ4n) is 4.14. The van der Waals surface area contributed by atoms with Crippen molar-refractivity contribution in [1.29, 1.82) is 0 Å². The molecule has 0 radical (unpaired) electrons. The van der Waals surface area contributed by atoms with Gasteiger partial charge in [0.05, 0.1) is 17.8 Å². The van der Waals surface area contributed by atoms with E-state index in [2.05, 4.69) is 92.7 Å². The van der Waals surface area contributed by atoms with Crippen LogP contribution < -0.4 is 5.32 Å². The van der Waals surface area contributed by atoms with Crippen molar-refractivity contribution in [1.82, 2.24) is 19.8 Å². The van der Waals surface area contributed by atoms with Crippen LogP contribution in [0, 0.1) is 0 Å². The first kappa shape index (κ1) is 18.6. The van der Waals surface area contributed by atoms with E-state index in [1.807, 2.05) is 30.5 Å². The Kier molecular flexibility index (Phi) is 5.03. The Bertz CT molecular complexity index is 1130. The van der Waals surface area contributed by atoms with Crippen LogP contribution in [-0.4, -0.2) is 19.6 Å². The van der Waals surface area contributed by atoms with Gasteiger partial charge in [-0.3, -0.25) is 4.98 Å². The van der Waals surface area contributed by atoms with E-state index in [1.165, 1.54) is 11.3 Å². The lowest BCUT2D eigenvalue weighted by molar-refractivity contribution is 0.302. The van der Waals surface area contributed by atoms with E-state index in [4.69, 9.17) is 12.2 Å². The van der Waals surface area contributed by atoms with Crippen LogP contribution in [0.2, 0.25) is 0 Å². The second kappa shape index (κ2) is 8.13. The Morgan fingerprint density at radius 1 is 0.833 bits per heavy atom. The third-order valence-electron chi connectivity index (χ3n) is 5.51. The van der Waals surface area contributed by atoms with Gasteiger partial charge in [0.15, 0.2) is 5.11 Å². The lowest BCUT2D eigenvalue weighted by Gasteiger charge is -2.29. The zero-order chi connectivity index (χ0) is 20.3. The van der Waals surface area contributed by atoms with Gasteiger partial charge in [0, 0.05) is 30.3 Å². The third-order valence-corrected chi connectivity index (χ3v) is 5.86. The molecular weight excluding hydrogens is 388 g/mol. The maximum Gasteiger partial charge on any atom is 0.170 e. The Hall–Kier alpha value is -3.44. The molecule has 1 aliphatic rings. The van der Waals surface area contributed by atoms with Crippen molar-refractivity contribution in [3.63, 3.8) is 0 Å². The van der Waals surface area contributed by atoms with Crippen LogP contribution in [0.3, 0.4) is 0 Å². The van der Waals surface area contributed by atoms with E-state index in [0.29, 0.717) is 0 Å². The largest absolute Gasteiger partial charge is 0.352 e. The minimum absolute atomic E-state index is 0.0165. The Balaban J connectivity index is 1.60. The van der Waals surface area contributed by atoms with Crippen LogP contribution >= 0.6 is 12.2 Å². The highest BCUT2D eigenvalue weighted by molar-refractivity contribution is 7.80. The third kappa shape index (κ3) is 3.48. The summed E-state index contributed by atoms with van der Waals surface area (Å²) in [4.78, 5) is 6.92. The predicted molar refractivity (Wildman–Crippen MR) is 123 cm³/mol. The summed E-state index contributed by atoms with van der Waals surface area (Å²) >= 11 is 5.81. The molecule has 2 aromatic carbocycles. The SMILES string of the molecule is S=C1N[C@@H](c2ccccn2)[C@@H](c2cccn2-c2ccccc2)N1Cc1ccccc1. The van der Waals surface area contributed by atoms with E-state index in [9.17, 15) is 0 Å². The zero-order valence-corrected chi connectivity index (χ0v) is 17.2. The zero-order valence-electron chi connectivity index (χ0n) is 16.4. The quantitative estimate of drug-likeness (QED) is 0.467. The van der Waals surface area contributed by atoms with Gasteiger partial charge in [-0.1, -0.05) is 54.6 Å². The topological polar surface area (TPSA) is 33.1 Å². The molecule has 4 nitrogen and oxygen atoms in total. The van der Waals surface area contributed by atoms with Crippen LogP contribution in [0.1, 0.15) is 29.0 Å². The standard InChI is InChI=1S/C25H22N4S/c30-25-27-23(21-14-7-8-16-26-21)24(29(25)18-19-10-3-1-4-11-19)22-15-9-17-28(22)20-12-5-2-6-13-20/h1-17,23-24H,18H2,(H,27,30)/t23-,24+/m0/s1. The van der Waals surface area contributed by atoms with Crippen LogP contribution in [-0.2, 0) is 6.54 Å². The van der Waals surface area contributed by atoms with Gasteiger partial charge in [-0.25, -0.2) is 0 Å². The van der Waals surface area contributed by atoms with Gasteiger partial charge in [0.1, 0.15) is 0 Å². The van der Waals surface area contributed by atoms with E-state index in [0.717, 1.165) is 23.0 Å². The number of rotatable bonds is 5. The van der Waals surface area contributed by atoms with Crippen molar-refractivity contribution < 1.29 is 0 Å². The van der Waals surface area contributed by atoms with Gasteiger partial charge in [-0.15, -0.1) is 0 Å². The predicted octanol–water partition coefficient (Wildman–Crippen LogP) is 5.05. The summed E-state index contributed by atoms with van der Waals surface area (Å²) in [6.45, 7) is 0.737. The highest BCUT2D eigenvalue weighted by Gasteiger charge is 2.41. The van der Waals surface area contributed by atoms with Gasteiger partial charge in [-0.2, -0.15) is 0 Å². The van der Waals surface area contributed by atoms with E-state index in [-0.39, 0.29) is 12.1 Å². The van der Waals surface area contributed by atoms with E-state index < -0.39 is 0 Å². The number of aromatic nitrogens is 2.